The molecule has 3 aromatic rings. The molecule has 0 amide bonds. The van der Waals surface area contributed by atoms with Crippen molar-refractivity contribution in [2.24, 2.45) is 0 Å². The Kier molecular flexibility index (Phi) is 1.96. The van der Waals surface area contributed by atoms with Crippen molar-refractivity contribution in [3.05, 3.63) is 54.6 Å². The van der Waals surface area contributed by atoms with E-state index in [0.29, 0.717) is 0 Å². The second-order valence-corrected chi connectivity index (χ2v) is 3.77. The van der Waals surface area contributed by atoms with Gasteiger partial charge >= 0.3 is 0 Å². The van der Waals surface area contributed by atoms with E-state index in [1.54, 1.807) is 6.20 Å². The average molecular weight is 209 g/mol. The van der Waals surface area contributed by atoms with Crippen LogP contribution in [0.3, 0.4) is 0 Å². The number of nitrogens with zero attached hydrogens (tertiary/aromatic N) is 3. The minimum Gasteiger partial charge on any atom is -0.299 e. The van der Waals surface area contributed by atoms with Crippen LogP contribution in [0.1, 0.15) is 5.56 Å². The van der Waals surface area contributed by atoms with Crippen LogP contribution >= 0.6 is 0 Å². The van der Waals surface area contributed by atoms with Crippen LogP contribution in [0, 0.1) is 6.92 Å². The summed E-state index contributed by atoms with van der Waals surface area (Å²) < 4.78 is 2.09. The van der Waals surface area contributed by atoms with Crippen LogP contribution in [0.2, 0.25) is 0 Å². The SMILES string of the molecule is Cc1cccn2c(-c3cccnc3)ncc12. The molecule has 0 saturated heterocycles. The molecule has 3 heterocycles. The molecule has 0 atom stereocenters. The highest BCUT2D eigenvalue weighted by Crippen LogP contribution is 2.20. The Hall–Kier alpha value is -2.16. The lowest BCUT2D eigenvalue weighted by molar-refractivity contribution is 1.14. The lowest BCUT2D eigenvalue weighted by atomic mass is 10.2. The van der Waals surface area contributed by atoms with Gasteiger partial charge in [-0.25, -0.2) is 4.98 Å². The fourth-order valence-corrected chi connectivity index (χ4v) is 1.87. The van der Waals surface area contributed by atoms with Gasteiger partial charge in [-0.15, -0.1) is 0 Å². The zero-order valence-corrected chi connectivity index (χ0v) is 8.96. The molecule has 3 rings (SSSR count). The quantitative estimate of drug-likeness (QED) is 0.616. The van der Waals surface area contributed by atoms with Gasteiger partial charge in [-0.05, 0) is 30.7 Å². The van der Waals surface area contributed by atoms with Crippen LogP contribution in [0.5, 0.6) is 0 Å². The van der Waals surface area contributed by atoms with Crippen molar-refractivity contribution in [2.75, 3.05) is 0 Å². The van der Waals surface area contributed by atoms with Crippen molar-refractivity contribution < 1.29 is 0 Å². The van der Waals surface area contributed by atoms with Crippen molar-refractivity contribution in [3.63, 3.8) is 0 Å². The highest BCUT2D eigenvalue weighted by atomic mass is 15.0. The minimum absolute atomic E-state index is 0.937. The number of imidazole rings is 1. The van der Waals surface area contributed by atoms with Crippen LogP contribution in [0.25, 0.3) is 16.9 Å². The minimum atomic E-state index is 0.937. The molecule has 0 unspecified atom stereocenters. The third-order valence-corrected chi connectivity index (χ3v) is 2.70. The molecular weight excluding hydrogens is 198 g/mol. The Morgan fingerprint density at radius 3 is 2.88 bits per heavy atom. The Bertz CT molecular complexity index is 626. The van der Waals surface area contributed by atoms with E-state index in [1.807, 2.05) is 36.8 Å². The maximum absolute atomic E-state index is 4.45. The number of aryl methyl sites for hydroxylation is 1. The van der Waals surface area contributed by atoms with Gasteiger partial charge in [0.25, 0.3) is 0 Å². The molecule has 0 radical (unpaired) electrons. The first-order chi connectivity index (χ1) is 7.86. The molecule has 0 bridgehead atoms. The van der Waals surface area contributed by atoms with Gasteiger partial charge in [-0.3, -0.25) is 9.38 Å². The molecule has 0 aliphatic carbocycles. The van der Waals surface area contributed by atoms with Crippen molar-refractivity contribution in [1.82, 2.24) is 14.4 Å². The molecular formula is C13H11N3. The largest absolute Gasteiger partial charge is 0.299 e. The normalized spacial score (nSPS) is 10.8. The monoisotopic (exact) mass is 209 g/mol. The summed E-state index contributed by atoms with van der Waals surface area (Å²) in [5.41, 5.74) is 3.40. The zero-order valence-electron chi connectivity index (χ0n) is 8.96. The fourth-order valence-electron chi connectivity index (χ4n) is 1.87. The summed E-state index contributed by atoms with van der Waals surface area (Å²) >= 11 is 0. The Labute approximate surface area is 93.4 Å². The Morgan fingerprint density at radius 1 is 1.12 bits per heavy atom. The Morgan fingerprint density at radius 2 is 2.06 bits per heavy atom. The van der Waals surface area contributed by atoms with Gasteiger partial charge in [0.2, 0.25) is 0 Å². The highest BCUT2D eigenvalue weighted by Gasteiger charge is 2.06. The third-order valence-electron chi connectivity index (χ3n) is 2.70. The number of hydrogen-bond donors (Lipinski definition) is 0. The van der Waals surface area contributed by atoms with Crippen LogP contribution in [0.4, 0.5) is 0 Å². The summed E-state index contributed by atoms with van der Waals surface area (Å²) in [5, 5.41) is 0. The maximum Gasteiger partial charge on any atom is 0.146 e. The first kappa shape index (κ1) is 9.09. The molecule has 16 heavy (non-hydrogen) atoms. The molecule has 0 aromatic carbocycles. The topological polar surface area (TPSA) is 30.2 Å². The van der Waals surface area contributed by atoms with E-state index in [2.05, 4.69) is 27.4 Å². The molecule has 0 aliphatic heterocycles. The highest BCUT2D eigenvalue weighted by molar-refractivity contribution is 5.63. The van der Waals surface area contributed by atoms with E-state index in [9.17, 15) is 0 Å². The smallest absolute Gasteiger partial charge is 0.146 e. The first-order valence-electron chi connectivity index (χ1n) is 5.19. The van der Waals surface area contributed by atoms with Crippen LogP contribution in [0.15, 0.2) is 49.1 Å². The lowest BCUT2D eigenvalue weighted by Gasteiger charge is -2.01. The summed E-state index contributed by atoms with van der Waals surface area (Å²) in [7, 11) is 0. The molecule has 3 heteroatoms. The van der Waals surface area contributed by atoms with Gasteiger partial charge < -0.3 is 0 Å². The van der Waals surface area contributed by atoms with Gasteiger partial charge in [0.15, 0.2) is 0 Å². The van der Waals surface area contributed by atoms with Crippen LogP contribution in [-0.2, 0) is 0 Å². The molecule has 0 saturated carbocycles. The summed E-state index contributed by atoms with van der Waals surface area (Å²) in [5.74, 6) is 0.937. The van der Waals surface area contributed by atoms with Gasteiger partial charge in [0.05, 0.1) is 11.7 Å². The van der Waals surface area contributed by atoms with Gasteiger partial charge in [-0.1, -0.05) is 6.07 Å². The van der Waals surface area contributed by atoms with Crippen molar-refractivity contribution >= 4 is 5.52 Å². The molecule has 0 aliphatic rings. The van der Waals surface area contributed by atoms with Gasteiger partial charge in [-0.2, -0.15) is 0 Å². The van der Waals surface area contributed by atoms with E-state index in [1.165, 1.54) is 5.56 Å². The van der Waals surface area contributed by atoms with Crippen molar-refractivity contribution in [1.29, 1.82) is 0 Å². The predicted molar refractivity (Wildman–Crippen MR) is 63.2 cm³/mol. The van der Waals surface area contributed by atoms with Gasteiger partial charge in [0, 0.05) is 24.2 Å². The summed E-state index contributed by atoms with van der Waals surface area (Å²) in [6.45, 7) is 2.09. The van der Waals surface area contributed by atoms with Gasteiger partial charge in [0.1, 0.15) is 5.82 Å². The summed E-state index contributed by atoms with van der Waals surface area (Å²) in [6.07, 6.45) is 7.52. The van der Waals surface area contributed by atoms with Crippen molar-refractivity contribution in [3.8, 4) is 11.4 Å². The maximum atomic E-state index is 4.45. The first-order valence-corrected chi connectivity index (χ1v) is 5.19. The standard InChI is InChI=1S/C13H11N3/c1-10-4-3-7-16-12(10)9-15-13(16)11-5-2-6-14-8-11/h2-9H,1H3. The van der Waals surface area contributed by atoms with Crippen LogP contribution in [-0.4, -0.2) is 14.4 Å². The zero-order chi connectivity index (χ0) is 11.0. The summed E-state index contributed by atoms with van der Waals surface area (Å²) in [6, 6.07) is 8.06. The number of rotatable bonds is 1. The van der Waals surface area contributed by atoms with E-state index in [0.717, 1.165) is 16.9 Å². The van der Waals surface area contributed by atoms with Crippen molar-refractivity contribution in [2.45, 2.75) is 6.92 Å². The molecule has 3 aromatic heterocycles. The average Bonchev–Trinajstić information content (AvgIpc) is 2.75. The summed E-state index contributed by atoms with van der Waals surface area (Å²) in [4.78, 5) is 8.57. The van der Waals surface area contributed by atoms with Crippen LogP contribution < -0.4 is 0 Å². The number of pyridine rings is 2. The Balaban J connectivity index is 2.30. The molecule has 78 valence electrons. The molecule has 0 spiro atoms. The lowest BCUT2D eigenvalue weighted by Crippen LogP contribution is -1.90. The molecule has 3 nitrogen and oxygen atoms in total. The van der Waals surface area contributed by atoms with E-state index in [-0.39, 0.29) is 0 Å². The van der Waals surface area contributed by atoms with E-state index in [4.69, 9.17) is 0 Å². The molecule has 0 N–H and O–H groups in total. The van der Waals surface area contributed by atoms with E-state index < -0.39 is 0 Å². The molecule has 0 fully saturated rings. The van der Waals surface area contributed by atoms with E-state index >= 15 is 0 Å². The fraction of sp³-hybridized carbons (Fsp3) is 0.0769. The number of aromatic nitrogens is 3. The third kappa shape index (κ3) is 1.29. The number of hydrogen-bond acceptors (Lipinski definition) is 2. The number of fused-ring (bicyclic) bond motifs is 1. The predicted octanol–water partition coefficient (Wildman–Crippen LogP) is 2.70. The second kappa shape index (κ2) is 3.45. The second-order valence-electron chi connectivity index (χ2n) is 3.77.